The molecular weight excluding hydrogens is 474 g/mol. The molecule has 4 rings (SSSR count). The number of aryl methyl sites for hydroxylation is 2. The van der Waals surface area contributed by atoms with Gasteiger partial charge in [-0.1, -0.05) is 28.1 Å². The molecule has 4 aromatic rings. The Labute approximate surface area is 193 Å². The molecule has 0 atom stereocenters. The topological polar surface area (TPSA) is 81.8 Å². The number of halogens is 1. The summed E-state index contributed by atoms with van der Waals surface area (Å²) in [4.78, 5) is 20.4. The van der Waals surface area contributed by atoms with Crippen LogP contribution in [-0.2, 0) is 0 Å². The van der Waals surface area contributed by atoms with Crippen molar-refractivity contribution in [1.82, 2.24) is 20.8 Å². The summed E-state index contributed by atoms with van der Waals surface area (Å²) in [6.45, 7) is 4.15. The van der Waals surface area contributed by atoms with E-state index in [-0.39, 0.29) is 5.91 Å². The maximum absolute atomic E-state index is 12.4. The molecule has 0 saturated heterocycles. The van der Waals surface area contributed by atoms with E-state index in [0.29, 0.717) is 10.7 Å². The highest BCUT2D eigenvalue weighted by atomic mass is 79.9. The fourth-order valence-corrected chi connectivity index (χ4v) is 3.50. The summed E-state index contributed by atoms with van der Waals surface area (Å²) in [5.74, 6) is 0.479. The van der Waals surface area contributed by atoms with Gasteiger partial charge >= 0.3 is 0 Å². The van der Waals surface area contributed by atoms with Gasteiger partial charge in [-0.25, -0.2) is 4.98 Å². The normalized spacial score (nSPS) is 10.7. The minimum Gasteiger partial charge on any atom is -0.338 e. The Morgan fingerprint density at radius 2 is 1.65 bits per heavy atom. The van der Waals surface area contributed by atoms with Crippen LogP contribution in [0, 0.1) is 13.8 Å². The van der Waals surface area contributed by atoms with Gasteiger partial charge in [0.1, 0.15) is 5.82 Å². The van der Waals surface area contributed by atoms with Crippen molar-refractivity contribution < 1.29 is 4.79 Å². The molecule has 0 unspecified atom stereocenters. The first-order valence-electron chi connectivity index (χ1n) is 9.59. The lowest BCUT2D eigenvalue weighted by atomic mass is 10.1. The van der Waals surface area contributed by atoms with Crippen molar-refractivity contribution in [3.05, 3.63) is 81.8 Å². The molecule has 1 amide bonds. The van der Waals surface area contributed by atoms with Crippen molar-refractivity contribution in [3.63, 3.8) is 0 Å². The van der Waals surface area contributed by atoms with Crippen LogP contribution in [0.1, 0.15) is 21.5 Å². The van der Waals surface area contributed by atoms with Crippen molar-refractivity contribution in [2.45, 2.75) is 13.8 Å². The highest BCUT2D eigenvalue weighted by molar-refractivity contribution is 9.10. The van der Waals surface area contributed by atoms with Gasteiger partial charge in [-0.2, -0.15) is 0 Å². The summed E-state index contributed by atoms with van der Waals surface area (Å²) in [7, 11) is 0. The molecule has 1 heterocycles. The number of thiocarbonyl (C=S) groups is 1. The number of fused-ring (bicyclic) bond motifs is 1. The predicted molar refractivity (Wildman–Crippen MR) is 132 cm³/mol. The van der Waals surface area contributed by atoms with Crippen LogP contribution in [0.5, 0.6) is 0 Å². The Morgan fingerprint density at radius 1 is 0.968 bits per heavy atom. The molecule has 0 saturated carbocycles. The largest absolute Gasteiger partial charge is 0.338 e. The number of hydrazine groups is 1. The Hall–Kier alpha value is -3.23. The van der Waals surface area contributed by atoms with Crippen LogP contribution in [0.2, 0.25) is 0 Å². The van der Waals surface area contributed by atoms with Crippen LogP contribution in [-0.4, -0.2) is 21.0 Å². The molecule has 0 spiro atoms. The average molecular weight is 494 g/mol. The van der Waals surface area contributed by atoms with Gasteiger partial charge in [-0.05, 0) is 85.7 Å². The number of hydrogen-bond acceptors (Lipinski definition) is 3. The summed E-state index contributed by atoms with van der Waals surface area (Å²) in [5.41, 5.74) is 11.9. The molecule has 0 aliphatic heterocycles. The molecule has 0 aliphatic rings. The molecule has 3 aromatic carbocycles. The van der Waals surface area contributed by atoms with E-state index in [2.05, 4.69) is 68.0 Å². The smallest absolute Gasteiger partial charge is 0.269 e. The average Bonchev–Trinajstić information content (AvgIpc) is 3.16. The summed E-state index contributed by atoms with van der Waals surface area (Å²) in [6.07, 6.45) is 0. The first-order valence-corrected chi connectivity index (χ1v) is 10.8. The summed E-state index contributed by atoms with van der Waals surface area (Å²) >= 11 is 8.59. The molecule has 0 radical (unpaired) electrons. The molecule has 0 aliphatic carbocycles. The molecule has 0 fully saturated rings. The molecule has 8 heteroatoms. The third-order valence-corrected chi connectivity index (χ3v) is 5.64. The van der Waals surface area contributed by atoms with Crippen molar-refractivity contribution in [2.24, 2.45) is 0 Å². The van der Waals surface area contributed by atoms with Crippen molar-refractivity contribution >= 4 is 55.9 Å². The van der Waals surface area contributed by atoms with Gasteiger partial charge in [0, 0.05) is 21.3 Å². The fourth-order valence-electron chi connectivity index (χ4n) is 3.07. The zero-order valence-corrected chi connectivity index (χ0v) is 19.3. The highest BCUT2D eigenvalue weighted by Gasteiger charge is 2.10. The summed E-state index contributed by atoms with van der Waals surface area (Å²) in [6, 6.07) is 18.9. The van der Waals surface area contributed by atoms with Crippen molar-refractivity contribution in [1.29, 1.82) is 0 Å². The standard InChI is InChI=1S/C23H20BrN5OS/c1-13-11-19-20(12-14(13)2)27-21(26-19)15-3-5-16(6-4-15)22(30)28-29-23(31)25-18-9-7-17(24)8-10-18/h3-12H,1-2H3,(H,26,27)(H,28,30)(H2,25,29,31). The zero-order chi connectivity index (χ0) is 22.0. The number of imidazole rings is 1. The predicted octanol–water partition coefficient (Wildman–Crippen LogP) is 5.24. The van der Waals surface area contributed by atoms with Gasteiger partial charge in [0.05, 0.1) is 11.0 Å². The number of benzene rings is 3. The van der Waals surface area contributed by atoms with Crippen LogP contribution >= 0.6 is 28.1 Å². The number of H-pyrrole nitrogens is 1. The van der Waals surface area contributed by atoms with Crippen LogP contribution in [0.25, 0.3) is 22.4 Å². The Morgan fingerprint density at radius 3 is 2.35 bits per heavy atom. The van der Waals surface area contributed by atoms with Gasteiger partial charge in [-0.3, -0.25) is 15.6 Å². The lowest BCUT2D eigenvalue weighted by Crippen LogP contribution is -2.43. The first-order chi connectivity index (χ1) is 14.9. The molecule has 4 N–H and O–H groups in total. The quantitative estimate of drug-likeness (QED) is 0.231. The van der Waals surface area contributed by atoms with Crippen LogP contribution in [0.15, 0.2) is 65.1 Å². The Kier molecular flexibility index (Phi) is 6.01. The number of carbonyl (C=O) groups is 1. The number of hydrogen-bond donors (Lipinski definition) is 4. The van der Waals surface area contributed by atoms with Crippen LogP contribution < -0.4 is 16.2 Å². The Balaban J connectivity index is 1.39. The van der Waals surface area contributed by atoms with E-state index in [1.54, 1.807) is 12.1 Å². The minimum absolute atomic E-state index is 0.289. The number of amides is 1. The molecule has 156 valence electrons. The van der Waals surface area contributed by atoms with Gasteiger partial charge < -0.3 is 10.3 Å². The number of nitrogens with one attached hydrogen (secondary N) is 4. The second-order valence-electron chi connectivity index (χ2n) is 7.16. The number of carbonyl (C=O) groups excluding carboxylic acids is 1. The highest BCUT2D eigenvalue weighted by Crippen LogP contribution is 2.23. The SMILES string of the molecule is Cc1cc2nc(-c3ccc(C(=O)NNC(=S)Nc4ccc(Br)cc4)cc3)[nH]c2cc1C. The van der Waals surface area contributed by atoms with E-state index < -0.39 is 0 Å². The fraction of sp³-hybridized carbons (Fsp3) is 0.0870. The van der Waals surface area contributed by atoms with Gasteiger partial charge in [0.15, 0.2) is 5.11 Å². The lowest BCUT2D eigenvalue weighted by Gasteiger charge is -2.11. The molecule has 6 nitrogen and oxygen atoms in total. The van der Waals surface area contributed by atoms with E-state index in [9.17, 15) is 4.79 Å². The molecular formula is C23H20BrN5OS. The molecule has 31 heavy (non-hydrogen) atoms. The Bertz CT molecular complexity index is 1230. The summed E-state index contributed by atoms with van der Waals surface area (Å²) in [5, 5.41) is 3.29. The van der Waals surface area contributed by atoms with Crippen LogP contribution in [0.3, 0.4) is 0 Å². The number of aromatic nitrogens is 2. The minimum atomic E-state index is -0.289. The van der Waals surface area contributed by atoms with Gasteiger partial charge in [-0.15, -0.1) is 0 Å². The van der Waals surface area contributed by atoms with Crippen LogP contribution in [0.4, 0.5) is 5.69 Å². The molecule has 1 aromatic heterocycles. The second-order valence-corrected chi connectivity index (χ2v) is 8.48. The first kappa shape index (κ1) is 21.0. The summed E-state index contributed by atoms with van der Waals surface area (Å²) < 4.78 is 0.974. The monoisotopic (exact) mass is 493 g/mol. The third-order valence-electron chi connectivity index (χ3n) is 4.91. The number of nitrogens with zero attached hydrogens (tertiary/aromatic N) is 1. The zero-order valence-electron chi connectivity index (χ0n) is 16.9. The van der Waals surface area contributed by atoms with E-state index in [1.165, 1.54) is 11.1 Å². The lowest BCUT2D eigenvalue weighted by molar-refractivity contribution is 0.0944. The van der Waals surface area contributed by atoms with E-state index in [1.807, 2.05) is 36.4 Å². The second kappa shape index (κ2) is 8.87. The number of aromatic amines is 1. The molecule has 0 bridgehead atoms. The number of rotatable bonds is 3. The number of anilines is 1. The maximum atomic E-state index is 12.4. The van der Waals surface area contributed by atoms with E-state index >= 15 is 0 Å². The third kappa shape index (κ3) is 4.92. The van der Waals surface area contributed by atoms with E-state index in [4.69, 9.17) is 12.2 Å². The van der Waals surface area contributed by atoms with Crippen molar-refractivity contribution in [2.75, 3.05) is 5.32 Å². The van der Waals surface area contributed by atoms with Gasteiger partial charge in [0.25, 0.3) is 5.91 Å². The van der Waals surface area contributed by atoms with E-state index in [0.717, 1.165) is 32.6 Å². The van der Waals surface area contributed by atoms with Crippen molar-refractivity contribution in [3.8, 4) is 11.4 Å². The van der Waals surface area contributed by atoms with Gasteiger partial charge in [0.2, 0.25) is 0 Å². The maximum Gasteiger partial charge on any atom is 0.269 e.